The van der Waals surface area contributed by atoms with Gasteiger partial charge in [0.1, 0.15) is 5.69 Å². The van der Waals surface area contributed by atoms with Crippen molar-refractivity contribution < 1.29 is 4.79 Å². The Morgan fingerprint density at radius 1 is 1.28 bits per heavy atom. The first-order valence-electron chi connectivity index (χ1n) is 5.77. The molecule has 0 saturated carbocycles. The van der Waals surface area contributed by atoms with E-state index in [0.29, 0.717) is 17.1 Å². The number of aryl methyl sites for hydroxylation is 2. The molecule has 18 heavy (non-hydrogen) atoms. The maximum absolute atomic E-state index is 12.2. The van der Waals surface area contributed by atoms with Crippen LogP contribution in [-0.2, 0) is 6.42 Å². The average molecular weight is 260 g/mol. The zero-order chi connectivity index (χ0) is 13.1. The molecule has 2 aromatic rings. The Balaban J connectivity index is 2.22. The fourth-order valence-electron chi connectivity index (χ4n) is 1.92. The van der Waals surface area contributed by atoms with Crippen LogP contribution in [0.1, 0.15) is 27.2 Å². The van der Waals surface area contributed by atoms with Crippen LogP contribution in [-0.4, -0.2) is 10.8 Å². The van der Waals surface area contributed by atoms with Gasteiger partial charge in [-0.25, -0.2) is 0 Å². The van der Waals surface area contributed by atoms with Gasteiger partial charge in [0.25, 0.3) is 0 Å². The molecule has 2 rings (SSSR count). The van der Waals surface area contributed by atoms with Crippen molar-refractivity contribution in [3.8, 4) is 0 Å². The molecular formula is C15H14ClNO. The molecule has 1 aromatic heterocycles. The standard InChI is InChI=1S/C15H14ClNO/c1-10-6-11(2)15(17-9-10)14(18)8-12-4-3-5-13(16)7-12/h3-7,9H,8H2,1-2H3. The van der Waals surface area contributed by atoms with Gasteiger partial charge < -0.3 is 0 Å². The van der Waals surface area contributed by atoms with Gasteiger partial charge in [0.2, 0.25) is 0 Å². The minimum atomic E-state index is 0.0229. The van der Waals surface area contributed by atoms with Crippen LogP contribution in [0, 0.1) is 13.8 Å². The first-order chi connectivity index (χ1) is 8.56. The van der Waals surface area contributed by atoms with E-state index < -0.39 is 0 Å². The van der Waals surface area contributed by atoms with E-state index in [2.05, 4.69) is 4.98 Å². The van der Waals surface area contributed by atoms with Crippen LogP contribution in [0.3, 0.4) is 0 Å². The quantitative estimate of drug-likeness (QED) is 0.786. The molecular weight excluding hydrogens is 246 g/mol. The van der Waals surface area contributed by atoms with E-state index >= 15 is 0 Å². The van der Waals surface area contributed by atoms with Crippen LogP contribution in [0.15, 0.2) is 36.5 Å². The highest BCUT2D eigenvalue weighted by Gasteiger charge is 2.11. The monoisotopic (exact) mass is 259 g/mol. The van der Waals surface area contributed by atoms with E-state index in [4.69, 9.17) is 11.6 Å². The molecule has 0 bridgehead atoms. The molecule has 2 nitrogen and oxygen atoms in total. The molecule has 0 radical (unpaired) electrons. The minimum Gasteiger partial charge on any atom is -0.292 e. The Bertz CT molecular complexity index is 593. The summed E-state index contributed by atoms with van der Waals surface area (Å²) in [6.07, 6.45) is 2.05. The number of hydrogen-bond donors (Lipinski definition) is 0. The fraction of sp³-hybridized carbons (Fsp3) is 0.200. The number of pyridine rings is 1. The van der Waals surface area contributed by atoms with Crippen molar-refractivity contribution in [1.29, 1.82) is 0 Å². The van der Waals surface area contributed by atoms with Gasteiger partial charge >= 0.3 is 0 Å². The van der Waals surface area contributed by atoms with Gasteiger partial charge in [-0.2, -0.15) is 0 Å². The van der Waals surface area contributed by atoms with Crippen LogP contribution >= 0.6 is 11.6 Å². The number of carbonyl (C=O) groups is 1. The lowest BCUT2D eigenvalue weighted by molar-refractivity contribution is 0.0987. The lowest BCUT2D eigenvalue weighted by atomic mass is 10.0. The molecule has 0 N–H and O–H groups in total. The molecule has 0 fully saturated rings. The van der Waals surface area contributed by atoms with Gasteiger partial charge in [-0.3, -0.25) is 9.78 Å². The lowest BCUT2D eigenvalue weighted by Gasteiger charge is -2.05. The van der Waals surface area contributed by atoms with Gasteiger partial charge in [0.15, 0.2) is 5.78 Å². The highest BCUT2D eigenvalue weighted by molar-refractivity contribution is 6.30. The van der Waals surface area contributed by atoms with Crippen molar-refractivity contribution in [1.82, 2.24) is 4.98 Å². The molecule has 0 spiro atoms. The maximum atomic E-state index is 12.2. The largest absolute Gasteiger partial charge is 0.292 e. The number of rotatable bonds is 3. The Morgan fingerprint density at radius 2 is 2.06 bits per heavy atom. The first kappa shape index (κ1) is 12.8. The van der Waals surface area contributed by atoms with Crippen molar-refractivity contribution in [3.63, 3.8) is 0 Å². The first-order valence-corrected chi connectivity index (χ1v) is 6.15. The van der Waals surface area contributed by atoms with E-state index in [1.807, 2.05) is 38.1 Å². The van der Waals surface area contributed by atoms with E-state index in [1.54, 1.807) is 12.3 Å². The van der Waals surface area contributed by atoms with E-state index in [9.17, 15) is 4.79 Å². The molecule has 0 saturated heterocycles. The topological polar surface area (TPSA) is 30.0 Å². The fourth-order valence-corrected chi connectivity index (χ4v) is 2.14. The van der Waals surface area contributed by atoms with Gasteiger partial charge in [-0.1, -0.05) is 29.8 Å². The Hall–Kier alpha value is -1.67. The summed E-state index contributed by atoms with van der Waals surface area (Å²) < 4.78 is 0. The lowest BCUT2D eigenvalue weighted by Crippen LogP contribution is -2.08. The number of aromatic nitrogens is 1. The molecule has 3 heteroatoms. The van der Waals surface area contributed by atoms with Crippen LogP contribution < -0.4 is 0 Å². The summed E-state index contributed by atoms with van der Waals surface area (Å²) in [6, 6.07) is 9.32. The van der Waals surface area contributed by atoms with Crippen molar-refractivity contribution in [3.05, 3.63) is 63.9 Å². The third-order valence-corrected chi connectivity index (χ3v) is 2.97. The molecule has 0 aliphatic carbocycles. The summed E-state index contributed by atoms with van der Waals surface area (Å²) in [4.78, 5) is 16.4. The van der Waals surface area contributed by atoms with Gasteiger partial charge in [-0.15, -0.1) is 0 Å². The van der Waals surface area contributed by atoms with Crippen LogP contribution in [0.2, 0.25) is 5.02 Å². The average Bonchev–Trinajstić information content (AvgIpc) is 2.28. The zero-order valence-electron chi connectivity index (χ0n) is 10.4. The van der Waals surface area contributed by atoms with Gasteiger partial charge in [-0.05, 0) is 42.7 Å². The Morgan fingerprint density at radius 3 is 2.72 bits per heavy atom. The second-order valence-corrected chi connectivity index (χ2v) is 4.84. The zero-order valence-corrected chi connectivity index (χ0v) is 11.2. The predicted octanol–water partition coefficient (Wildman–Crippen LogP) is 3.78. The smallest absolute Gasteiger partial charge is 0.185 e. The normalized spacial score (nSPS) is 10.4. The molecule has 0 atom stereocenters. The Kier molecular flexibility index (Phi) is 3.78. The summed E-state index contributed by atoms with van der Waals surface area (Å²) in [5.74, 6) is 0.0229. The van der Waals surface area contributed by atoms with Crippen molar-refractivity contribution in [2.24, 2.45) is 0 Å². The SMILES string of the molecule is Cc1cnc(C(=O)Cc2cccc(Cl)c2)c(C)c1. The number of Topliss-reactive ketones (excluding diaryl/α,β-unsaturated/α-hetero) is 1. The predicted molar refractivity (Wildman–Crippen MR) is 73.2 cm³/mol. The van der Waals surface area contributed by atoms with Crippen LogP contribution in [0.5, 0.6) is 0 Å². The van der Waals surface area contributed by atoms with Crippen molar-refractivity contribution in [2.45, 2.75) is 20.3 Å². The third kappa shape index (κ3) is 2.96. The summed E-state index contributed by atoms with van der Waals surface area (Å²) in [5.41, 5.74) is 3.43. The number of hydrogen-bond acceptors (Lipinski definition) is 2. The Labute approximate surface area is 112 Å². The third-order valence-electron chi connectivity index (χ3n) is 2.73. The molecule has 1 heterocycles. The number of ketones is 1. The van der Waals surface area contributed by atoms with Gasteiger partial charge in [0.05, 0.1) is 0 Å². The minimum absolute atomic E-state index is 0.0229. The van der Waals surface area contributed by atoms with E-state index in [0.717, 1.165) is 16.7 Å². The molecule has 0 amide bonds. The molecule has 92 valence electrons. The maximum Gasteiger partial charge on any atom is 0.185 e. The number of benzene rings is 1. The summed E-state index contributed by atoms with van der Waals surface area (Å²) in [5, 5.41) is 0.647. The molecule has 0 unspecified atom stereocenters. The second kappa shape index (κ2) is 5.32. The van der Waals surface area contributed by atoms with Crippen molar-refractivity contribution in [2.75, 3.05) is 0 Å². The molecule has 0 aliphatic rings. The summed E-state index contributed by atoms with van der Waals surface area (Å²) >= 11 is 5.90. The number of nitrogens with zero attached hydrogens (tertiary/aromatic N) is 1. The van der Waals surface area contributed by atoms with Crippen LogP contribution in [0.4, 0.5) is 0 Å². The van der Waals surface area contributed by atoms with Crippen molar-refractivity contribution >= 4 is 17.4 Å². The van der Waals surface area contributed by atoms with Crippen LogP contribution in [0.25, 0.3) is 0 Å². The highest BCUT2D eigenvalue weighted by Crippen LogP contribution is 2.14. The molecule has 0 aliphatic heterocycles. The summed E-state index contributed by atoms with van der Waals surface area (Å²) in [6.45, 7) is 3.87. The number of carbonyl (C=O) groups excluding carboxylic acids is 1. The molecule has 1 aromatic carbocycles. The highest BCUT2D eigenvalue weighted by atomic mass is 35.5. The number of halogens is 1. The second-order valence-electron chi connectivity index (χ2n) is 4.41. The van der Waals surface area contributed by atoms with Gasteiger partial charge in [0, 0.05) is 17.6 Å². The summed E-state index contributed by atoms with van der Waals surface area (Å²) in [7, 11) is 0. The van der Waals surface area contributed by atoms with E-state index in [-0.39, 0.29) is 5.78 Å². The van der Waals surface area contributed by atoms with E-state index in [1.165, 1.54) is 0 Å².